The van der Waals surface area contributed by atoms with Crippen LogP contribution in [-0.2, 0) is 0 Å². The van der Waals surface area contributed by atoms with Crippen LogP contribution in [0.4, 0.5) is 0 Å². The minimum atomic E-state index is 0.114. The molecule has 0 saturated carbocycles. The molecule has 2 aliphatic rings. The van der Waals surface area contributed by atoms with Gasteiger partial charge in [0, 0.05) is 11.5 Å². The second kappa shape index (κ2) is 8.85. The van der Waals surface area contributed by atoms with E-state index in [0.29, 0.717) is 5.92 Å². The van der Waals surface area contributed by atoms with Crippen LogP contribution in [0.2, 0.25) is 0 Å². The highest BCUT2D eigenvalue weighted by Gasteiger charge is 2.32. The number of hydrogen-bond acceptors (Lipinski definition) is 1. The number of benzene rings is 6. The van der Waals surface area contributed by atoms with Gasteiger partial charge in [-0.2, -0.15) is 0 Å². The molecule has 1 heteroatoms. The maximum absolute atomic E-state index is 6.27. The Bertz CT molecular complexity index is 1870. The molecule has 8 rings (SSSR count). The molecule has 1 aliphatic heterocycles. The van der Waals surface area contributed by atoms with Gasteiger partial charge in [0.2, 0.25) is 0 Å². The van der Waals surface area contributed by atoms with E-state index >= 15 is 0 Å². The third kappa shape index (κ3) is 3.55. The van der Waals surface area contributed by atoms with Gasteiger partial charge in [-0.05, 0) is 67.1 Å². The van der Waals surface area contributed by atoms with E-state index < -0.39 is 0 Å². The lowest BCUT2D eigenvalue weighted by Gasteiger charge is -2.18. The van der Waals surface area contributed by atoms with Crippen molar-refractivity contribution in [2.45, 2.75) is 12.0 Å². The van der Waals surface area contributed by atoms with Crippen LogP contribution < -0.4 is 4.74 Å². The fraction of sp³-hybridized carbons (Fsp3) is 0.0526. The van der Waals surface area contributed by atoms with E-state index in [1.807, 2.05) is 0 Å². The predicted octanol–water partition coefficient (Wildman–Crippen LogP) is 9.96. The van der Waals surface area contributed by atoms with Gasteiger partial charge in [0.25, 0.3) is 0 Å². The maximum Gasteiger partial charge on any atom is 0.128 e. The first-order valence-electron chi connectivity index (χ1n) is 13.6. The number of rotatable bonds is 3. The van der Waals surface area contributed by atoms with Crippen molar-refractivity contribution in [2.75, 3.05) is 0 Å². The second-order valence-corrected chi connectivity index (χ2v) is 10.4. The van der Waals surface area contributed by atoms with E-state index in [0.717, 1.165) is 5.75 Å². The highest BCUT2D eigenvalue weighted by molar-refractivity contribution is 6.21. The van der Waals surface area contributed by atoms with Gasteiger partial charge in [0.1, 0.15) is 11.9 Å². The lowest BCUT2D eigenvalue weighted by Crippen LogP contribution is -2.15. The lowest BCUT2D eigenvalue weighted by atomic mass is 9.85. The molecule has 6 aromatic carbocycles. The van der Waals surface area contributed by atoms with E-state index in [4.69, 9.17) is 4.74 Å². The molecular formula is C38H26O. The van der Waals surface area contributed by atoms with E-state index in [1.165, 1.54) is 60.5 Å². The zero-order valence-corrected chi connectivity index (χ0v) is 21.4. The van der Waals surface area contributed by atoms with Gasteiger partial charge in [0.15, 0.2) is 0 Å². The summed E-state index contributed by atoms with van der Waals surface area (Å²) in [6.07, 6.45) is 8.70. The summed E-state index contributed by atoms with van der Waals surface area (Å²) in [5, 5.41) is 5.11. The molecule has 2 unspecified atom stereocenters. The molecule has 0 spiro atoms. The summed E-state index contributed by atoms with van der Waals surface area (Å²) in [6, 6.07) is 44.1. The van der Waals surface area contributed by atoms with Gasteiger partial charge < -0.3 is 4.74 Å². The van der Waals surface area contributed by atoms with E-state index in [9.17, 15) is 0 Å². The average molecular weight is 499 g/mol. The van der Waals surface area contributed by atoms with Crippen LogP contribution in [-0.4, -0.2) is 6.10 Å². The number of allylic oxidation sites excluding steroid dienone is 2. The van der Waals surface area contributed by atoms with Crippen molar-refractivity contribution in [1.29, 1.82) is 0 Å². The summed E-state index contributed by atoms with van der Waals surface area (Å²) in [5.41, 5.74) is 8.71. The van der Waals surface area contributed by atoms with Crippen LogP contribution >= 0.6 is 0 Å². The van der Waals surface area contributed by atoms with Crippen LogP contribution in [0.1, 0.15) is 11.5 Å². The molecule has 184 valence electrons. The summed E-state index contributed by atoms with van der Waals surface area (Å²) in [5.74, 6) is 1.32. The van der Waals surface area contributed by atoms with Crippen LogP contribution in [0.3, 0.4) is 0 Å². The topological polar surface area (TPSA) is 9.23 Å². The van der Waals surface area contributed by atoms with Crippen molar-refractivity contribution in [3.05, 3.63) is 151 Å². The molecule has 0 amide bonds. The predicted molar refractivity (Wildman–Crippen MR) is 163 cm³/mol. The molecule has 0 radical (unpaired) electrons. The van der Waals surface area contributed by atoms with Crippen molar-refractivity contribution in [1.82, 2.24) is 0 Å². The normalized spacial score (nSPS) is 17.2. The summed E-state index contributed by atoms with van der Waals surface area (Å²) >= 11 is 0. The van der Waals surface area contributed by atoms with Gasteiger partial charge in [-0.15, -0.1) is 0 Å². The number of fused-ring (bicyclic) bond motifs is 5. The first kappa shape index (κ1) is 22.1. The summed E-state index contributed by atoms with van der Waals surface area (Å²) < 4.78 is 6.27. The molecule has 0 bridgehead atoms. The third-order valence-corrected chi connectivity index (χ3v) is 8.22. The van der Waals surface area contributed by atoms with E-state index in [-0.39, 0.29) is 6.10 Å². The lowest BCUT2D eigenvalue weighted by molar-refractivity contribution is 0.269. The Morgan fingerprint density at radius 3 is 1.59 bits per heavy atom. The first-order chi connectivity index (χ1) is 19.3. The van der Waals surface area contributed by atoms with Crippen molar-refractivity contribution >= 4 is 21.5 Å². The zero-order valence-electron chi connectivity index (χ0n) is 21.4. The highest BCUT2D eigenvalue weighted by Crippen LogP contribution is 2.45. The maximum atomic E-state index is 6.27. The zero-order chi connectivity index (χ0) is 25.8. The number of hydrogen-bond donors (Lipinski definition) is 0. The van der Waals surface area contributed by atoms with Gasteiger partial charge in [-0.3, -0.25) is 0 Å². The quantitative estimate of drug-likeness (QED) is 0.221. The van der Waals surface area contributed by atoms with Crippen molar-refractivity contribution in [2.24, 2.45) is 0 Å². The minimum absolute atomic E-state index is 0.114. The molecule has 1 nitrogen and oxygen atoms in total. The molecule has 2 atom stereocenters. The molecule has 0 N–H and O–H groups in total. The molecule has 0 aromatic heterocycles. The summed E-state index contributed by atoms with van der Waals surface area (Å²) in [4.78, 5) is 0. The van der Waals surface area contributed by atoms with Crippen molar-refractivity contribution in [3.8, 4) is 39.1 Å². The Kier molecular flexibility index (Phi) is 5.03. The average Bonchev–Trinajstić information content (AvgIpc) is 3.38. The van der Waals surface area contributed by atoms with Crippen LogP contribution in [0.5, 0.6) is 5.75 Å². The fourth-order valence-corrected chi connectivity index (χ4v) is 6.40. The second-order valence-electron chi connectivity index (χ2n) is 10.4. The fourth-order valence-electron chi connectivity index (χ4n) is 6.40. The largest absolute Gasteiger partial charge is 0.485 e. The van der Waals surface area contributed by atoms with Gasteiger partial charge >= 0.3 is 0 Å². The number of ether oxygens (including phenoxy) is 1. The van der Waals surface area contributed by atoms with E-state index in [1.54, 1.807) is 0 Å². The van der Waals surface area contributed by atoms with Crippen LogP contribution in [0.15, 0.2) is 146 Å². The van der Waals surface area contributed by atoms with E-state index in [2.05, 4.69) is 146 Å². The standard InChI is InChI=1S/C38H26O/c1-2-10-26(11-3-1)37-31-13-4-6-15-33(31)38(34-16-7-5-14-32(34)37)27-20-18-25(19-21-27)28-22-23-30-29-12-8-9-17-35(29)39-36(30)24-28/h1-24,29,35H. The minimum Gasteiger partial charge on any atom is -0.485 e. The van der Waals surface area contributed by atoms with Crippen LogP contribution in [0, 0.1) is 0 Å². The van der Waals surface area contributed by atoms with Crippen LogP contribution in [0.25, 0.3) is 54.9 Å². The monoisotopic (exact) mass is 498 g/mol. The molecular weight excluding hydrogens is 472 g/mol. The molecule has 1 aliphatic carbocycles. The molecule has 1 heterocycles. The molecule has 0 saturated heterocycles. The van der Waals surface area contributed by atoms with Crippen molar-refractivity contribution < 1.29 is 4.74 Å². The van der Waals surface area contributed by atoms with Gasteiger partial charge in [-0.1, -0.05) is 133 Å². The molecule has 0 fully saturated rings. The Hall–Kier alpha value is -4.88. The van der Waals surface area contributed by atoms with Crippen molar-refractivity contribution in [3.63, 3.8) is 0 Å². The summed E-state index contributed by atoms with van der Waals surface area (Å²) in [7, 11) is 0. The molecule has 6 aromatic rings. The first-order valence-corrected chi connectivity index (χ1v) is 13.6. The smallest absolute Gasteiger partial charge is 0.128 e. The third-order valence-electron chi connectivity index (χ3n) is 8.22. The SMILES string of the molecule is C1=CC2Oc3cc(-c4ccc(-c5c6ccccc6c(-c6ccccc6)c6ccccc56)cc4)ccc3C2C=C1. The highest BCUT2D eigenvalue weighted by atomic mass is 16.5. The Morgan fingerprint density at radius 2 is 0.949 bits per heavy atom. The van der Waals surface area contributed by atoms with Gasteiger partial charge in [-0.25, -0.2) is 0 Å². The Morgan fingerprint density at radius 1 is 0.436 bits per heavy atom. The van der Waals surface area contributed by atoms with Gasteiger partial charge in [0.05, 0.1) is 0 Å². The Labute approximate surface area is 228 Å². The summed E-state index contributed by atoms with van der Waals surface area (Å²) in [6.45, 7) is 0. The molecule has 39 heavy (non-hydrogen) atoms. The Balaban J connectivity index is 1.26.